The zero-order valence-electron chi connectivity index (χ0n) is 22.7. The van der Waals surface area contributed by atoms with E-state index in [1.165, 1.54) is 6.92 Å². The van der Waals surface area contributed by atoms with Crippen LogP contribution >= 0.6 is 0 Å². The molecule has 1 aliphatic heterocycles. The summed E-state index contributed by atoms with van der Waals surface area (Å²) in [6.45, 7) is 7.40. The number of carbonyl (C=O) groups is 2. The number of aliphatic carboxylic acids is 1. The molecule has 0 amide bonds. The van der Waals surface area contributed by atoms with Crippen LogP contribution in [0.5, 0.6) is 0 Å². The maximum Gasteiger partial charge on any atom is 0.308 e. The van der Waals surface area contributed by atoms with Gasteiger partial charge >= 0.3 is 11.9 Å². The summed E-state index contributed by atoms with van der Waals surface area (Å²) in [5.74, 6) is -1.77. The van der Waals surface area contributed by atoms with Crippen molar-refractivity contribution in [2.24, 2.45) is 22.7 Å². The van der Waals surface area contributed by atoms with E-state index >= 15 is 0 Å². The molecule has 218 valence electrons. The molecule has 38 heavy (non-hydrogen) atoms. The number of hydrogen-bond donors (Lipinski definition) is 6. The summed E-state index contributed by atoms with van der Waals surface area (Å²) in [6, 6.07) is 0. The van der Waals surface area contributed by atoms with Crippen LogP contribution in [0.4, 0.5) is 0 Å². The molecule has 0 aromatic carbocycles. The maximum absolute atomic E-state index is 12.5. The van der Waals surface area contributed by atoms with E-state index in [4.69, 9.17) is 19.3 Å². The van der Waals surface area contributed by atoms with E-state index in [1.807, 2.05) is 6.92 Å². The monoisotopic (exact) mass is 544 g/mol. The number of fused-ring (bicyclic) bond motifs is 1. The first-order valence-electron chi connectivity index (χ1n) is 13.3. The van der Waals surface area contributed by atoms with Crippen LogP contribution in [-0.4, -0.2) is 98.7 Å². The molecule has 0 aromatic heterocycles. The van der Waals surface area contributed by atoms with Crippen molar-refractivity contribution in [2.45, 2.75) is 103 Å². The van der Waals surface area contributed by atoms with Gasteiger partial charge < -0.3 is 44.8 Å². The lowest BCUT2D eigenvalue weighted by atomic mass is 9.48. The van der Waals surface area contributed by atoms with Crippen LogP contribution in [0.15, 0.2) is 11.6 Å². The van der Waals surface area contributed by atoms with Crippen molar-refractivity contribution in [3.8, 4) is 0 Å². The summed E-state index contributed by atoms with van der Waals surface area (Å²) in [7, 11) is 0. The Morgan fingerprint density at radius 3 is 2.45 bits per heavy atom. The number of aliphatic hydroxyl groups excluding tert-OH is 4. The molecule has 2 aliphatic carbocycles. The average molecular weight is 545 g/mol. The molecular formula is C27H44O11. The first-order valence-corrected chi connectivity index (χ1v) is 13.3. The van der Waals surface area contributed by atoms with Gasteiger partial charge in [-0.3, -0.25) is 9.59 Å². The van der Waals surface area contributed by atoms with Gasteiger partial charge in [0.15, 0.2) is 6.29 Å². The Hall–Kier alpha value is -1.60. The third-order valence-corrected chi connectivity index (χ3v) is 9.02. The Morgan fingerprint density at radius 1 is 1.13 bits per heavy atom. The molecule has 0 spiro atoms. The summed E-state index contributed by atoms with van der Waals surface area (Å²) >= 11 is 0. The van der Waals surface area contributed by atoms with Crippen molar-refractivity contribution in [2.75, 3.05) is 19.8 Å². The number of carboxylic acids is 1. The molecule has 0 bridgehead atoms. The van der Waals surface area contributed by atoms with Crippen molar-refractivity contribution in [1.82, 2.24) is 0 Å². The zero-order chi connectivity index (χ0) is 28.5. The molecule has 2 fully saturated rings. The van der Waals surface area contributed by atoms with E-state index in [1.54, 1.807) is 0 Å². The van der Waals surface area contributed by atoms with Crippen molar-refractivity contribution >= 4 is 11.9 Å². The van der Waals surface area contributed by atoms with Gasteiger partial charge in [0.05, 0.1) is 38.3 Å². The number of ether oxygens (including phenoxy) is 3. The van der Waals surface area contributed by atoms with Gasteiger partial charge in [0, 0.05) is 11.3 Å². The van der Waals surface area contributed by atoms with Gasteiger partial charge in [0.2, 0.25) is 0 Å². The van der Waals surface area contributed by atoms with Gasteiger partial charge in [-0.25, -0.2) is 0 Å². The van der Waals surface area contributed by atoms with E-state index in [9.17, 15) is 35.1 Å². The standard InChI is InChI=1S/C27H44O11/c1-15-6-7-18-25(2,14-37-20(31)11-26(3,35)10-19(29)30)8-5-9-27(18,4)16(15)13-36-24-23(34)22(33)21(32)17(12-28)38-24/h6,16-18,21-24,28,32-35H,5,7-14H2,1-4H3,(H,29,30). The number of carboxylic acid groups (broad SMARTS) is 1. The fourth-order valence-electron chi connectivity index (χ4n) is 6.84. The highest BCUT2D eigenvalue weighted by atomic mass is 16.7. The molecule has 1 saturated heterocycles. The van der Waals surface area contributed by atoms with Crippen LogP contribution in [0.1, 0.15) is 66.2 Å². The van der Waals surface area contributed by atoms with Crippen molar-refractivity contribution < 1.29 is 54.4 Å². The third-order valence-electron chi connectivity index (χ3n) is 9.02. The Bertz CT molecular complexity index is 886. The average Bonchev–Trinajstić information content (AvgIpc) is 2.81. The minimum absolute atomic E-state index is 0.0553. The third kappa shape index (κ3) is 6.57. The van der Waals surface area contributed by atoms with Gasteiger partial charge in [-0.05, 0) is 44.4 Å². The molecule has 1 saturated carbocycles. The summed E-state index contributed by atoms with van der Waals surface area (Å²) in [4.78, 5) is 23.4. The van der Waals surface area contributed by atoms with Crippen LogP contribution < -0.4 is 0 Å². The smallest absolute Gasteiger partial charge is 0.308 e. The number of allylic oxidation sites excluding steroid dienone is 1. The Balaban J connectivity index is 1.69. The SMILES string of the molecule is CC1=CCC2C(C)(COC(=O)CC(C)(O)CC(=O)O)CCCC2(C)C1COC1OC(CO)C(O)C(O)C1O. The highest BCUT2D eigenvalue weighted by Crippen LogP contribution is 2.60. The van der Waals surface area contributed by atoms with Crippen molar-refractivity contribution in [1.29, 1.82) is 0 Å². The fraction of sp³-hybridized carbons (Fsp3) is 0.852. The Kier molecular flexibility index (Phi) is 9.67. The quantitative estimate of drug-likeness (QED) is 0.168. The molecule has 6 N–H and O–H groups in total. The largest absolute Gasteiger partial charge is 0.481 e. The number of carbonyl (C=O) groups excluding carboxylic acids is 1. The number of esters is 1. The maximum atomic E-state index is 12.5. The van der Waals surface area contributed by atoms with E-state index < -0.39 is 67.7 Å². The molecule has 1 heterocycles. The van der Waals surface area contributed by atoms with E-state index in [2.05, 4.69) is 19.9 Å². The molecule has 10 unspecified atom stereocenters. The predicted octanol–water partition coefficient (Wildman–Crippen LogP) is 0.741. The summed E-state index contributed by atoms with van der Waals surface area (Å²) in [5, 5.41) is 59.2. The normalized spacial score (nSPS) is 41.0. The van der Waals surface area contributed by atoms with Gasteiger partial charge in [-0.15, -0.1) is 0 Å². The fourth-order valence-corrected chi connectivity index (χ4v) is 6.84. The molecule has 0 radical (unpaired) electrons. The molecule has 10 atom stereocenters. The molecule has 3 aliphatic rings. The van der Waals surface area contributed by atoms with Crippen molar-refractivity contribution in [3.63, 3.8) is 0 Å². The Labute approximate surface area is 223 Å². The second-order valence-electron chi connectivity index (χ2n) is 12.2. The number of rotatable bonds is 10. The second-order valence-corrected chi connectivity index (χ2v) is 12.2. The van der Waals surface area contributed by atoms with Crippen LogP contribution in [-0.2, 0) is 23.8 Å². The first kappa shape index (κ1) is 30.9. The van der Waals surface area contributed by atoms with Gasteiger partial charge in [-0.1, -0.05) is 31.9 Å². The highest BCUT2D eigenvalue weighted by molar-refractivity contribution is 5.73. The molecule has 0 aromatic rings. The van der Waals surface area contributed by atoms with E-state index in [0.29, 0.717) is 0 Å². The minimum Gasteiger partial charge on any atom is -0.481 e. The lowest BCUT2D eigenvalue weighted by Gasteiger charge is -2.57. The lowest BCUT2D eigenvalue weighted by molar-refractivity contribution is -0.305. The van der Waals surface area contributed by atoms with Crippen molar-refractivity contribution in [3.05, 3.63) is 11.6 Å². The summed E-state index contributed by atoms with van der Waals surface area (Å²) in [6.07, 6.45) is -2.11. The van der Waals surface area contributed by atoms with Gasteiger partial charge in [0.25, 0.3) is 0 Å². The van der Waals surface area contributed by atoms with Crippen LogP contribution in [0.3, 0.4) is 0 Å². The summed E-state index contributed by atoms with van der Waals surface area (Å²) < 4.78 is 17.1. The highest BCUT2D eigenvalue weighted by Gasteiger charge is 2.55. The lowest BCUT2D eigenvalue weighted by Crippen LogP contribution is -2.59. The van der Waals surface area contributed by atoms with Crippen LogP contribution in [0, 0.1) is 22.7 Å². The van der Waals surface area contributed by atoms with Crippen LogP contribution in [0.25, 0.3) is 0 Å². The summed E-state index contributed by atoms with van der Waals surface area (Å²) in [5.41, 5.74) is -1.16. The number of aliphatic hydroxyl groups is 5. The van der Waals surface area contributed by atoms with Crippen LogP contribution in [0.2, 0.25) is 0 Å². The first-order chi connectivity index (χ1) is 17.6. The van der Waals surface area contributed by atoms with E-state index in [0.717, 1.165) is 31.3 Å². The minimum atomic E-state index is -1.69. The Morgan fingerprint density at radius 2 is 1.82 bits per heavy atom. The molecular weight excluding hydrogens is 500 g/mol. The van der Waals surface area contributed by atoms with Gasteiger partial charge in [0.1, 0.15) is 24.4 Å². The van der Waals surface area contributed by atoms with E-state index in [-0.39, 0.29) is 35.9 Å². The van der Waals surface area contributed by atoms with Gasteiger partial charge in [-0.2, -0.15) is 0 Å². The molecule has 11 heteroatoms. The topological polar surface area (TPSA) is 183 Å². The second kappa shape index (κ2) is 11.9. The number of hydrogen-bond acceptors (Lipinski definition) is 10. The molecule has 11 nitrogen and oxygen atoms in total. The zero-order valence-corrected chi connectivity index (χ0v) is 22.7. The molecule has 3 rings (SSSR count). The predicted molar refractivity (Wildman–Crippen MR) is 134 cm³/mol.